The minimum absolute atomic E-state index is 0.0758. The molecule has 1 aliphatic rings. The number of aromatic nitrogens is 1. The molecule has 26 heavy (non-hydrogen) atoms. The van der Waals surface area contributed by atoms with Crippen molar-refractivity contribution in [3.63, 3.8) is 0 Å². The first-order chi connectivity index (χ1) is 12.5. The lowest BCUT2D eigenvalue weighted by atomic mass is 10.1. The number of hydrogen-bond acceptors (Lipinski definition) is 3. The fraction of sp³-hybridized carbons (Fsp3) is 0.421. The predicted octanol–water partition coefficient (Wildman–Crippen LogP) is 2.54. The van der Waals surface area contributed by atoms with Crippen molar-refractivity contribution in [2.75, 3.05) is 39.8 Å². The van der Waals surface area contributed by atoms with Crippen LogP contribution in [0, 0.1) is 5.82 Å². The largest absolute Gasteiger partial charge is 0.353 e. The lowest BCUT2D eigenvalue weighted by Crippen LogP contribution is -2.48. The number of rotatable bonds is 5. The number of amides is 1. The Morgan fingerprint density at radius 1 is 1.23 bits per heavy atom. The van der Waals surface area contributed by atoms with E-state index in [0.29, 0.717) is 6.54 Å². The molecule has 1 atom stereocenters. The van der Waals surface area contributed by atoms with Gasteiger partial charge in [0.05, 0.1) is 16.6 Å². The minimum atomic E-state index is -0.453. The molecule has 3 rings (SSSR count). The van der Waals surface area contributed by atoms with Gasteiger partial charge in [-0.15, -0.1) is 0 Å². The Kier molecular flexibility index (Phi) is 5.96. The highest BCUT2D eigenvalue weighted by molar-refractivity contribution is 6.33. The van der Waals surface area contributed by atoms with E-state index >= 15 is 0 Å². The molecule has 0 aliphatic carbocycles. The molecule has 0 saturated carbocycles. The van der Waals surface area contributed by atoms with E-state index < -0.39 is 5.82 Å². The van der Waals surface area contributed by atoms with Crippen LogP contribution in [0.3, 0.4) is 0 Å². The summed E-state index contributed by atoms with van der Waals surface area (Å²) in [4.78, 5) is 17.2. The Labute approximate surface area is 158 Å². The first kappa shape index (κ1) is 18.9. The molecular weight excluding hydrogens is 355 g/mol. The smallest absolute Gasteiger partial charge is 0.252 e. The SMILES string of the molecule is CN1CCN(C(CNC(=O)c2ccc(F)cc2Cl)c2cccn2C)CC1. The fourth-order valence-electron chi connectivity index (χ4n) is 3.33. The average Bonchev–Trinajstić information content (AvgIpc) is 3.02. The summed E-state index contributed by atoms with van der Waals surface area (Å²) < 4.78 is 15.3. The highest BCUT2D eigenvalue weighted by Gasteiger charge is 2.26. The van der Waals surface area contributed by atoms with Crippen LogP contribution >= 0.6 is 11.6 Å². The van der Waals surface area contributed by atoms with Crippen molar-refractivity contribution in [2.24, 2.45) is 7.05 Å². The zero-order valence-electron chi connectivity index (χ0n) is 15.1. The summed E-state index contributed by atoms with van der Waals surface area (Å²) in [5.74, 6) is -0.742. The summed E-state index contributed by atoms with van der Waals surface area (Å²) in [6.45, 7) is 4.35. The topological polar surface area (TPSA) is 40.5 Å². The quantitative estimate of drug-likeness (QED) is 0.869. The van der Waals surface area contributed by atoms with Gasteiger partial charge in [-0.1, -0.05) is 11.6 Å². The molecule has 0 radical (unpaired) electrons. The summed E-state index contributed by atoms with van der Waals surface area (Å²) >= 11 is 6.01. The molecule has 0 bridgehead atoms. The lowest BCUT2D eigenvalue weighted by Gasteiger charge is -2.38. The van der Waals surface area contributed by atoms with E-state index in [4.69, 9.17) is 11.6 Å². The molecule has 140 valence electrons. The molecule has 1 unspecified atom stereocenters. The minimum Gasteiger partial charge on any atom is -0.353 e. The first-order valence-corrected chi connectivity index (χ1v) is 9.10. The highest BCUT2D eigenvalue weighted by atomic mass is 35.5. The van der Waals surface area contributed by atoms with Crippen LogP contribution in [-0.4, -0.2) is 60.0 Å². The molecule has 1 fully saturated rings. The summed E-state index contributed by atoms with van der Waals surface area (Å²) in [6, 6.07) is 7.99. The van der Waals surface area contributed by atoms with Gasteiger partial charge in [0.1, 0.15) is 5.82 Å². The lowest BCUT2D eigenvalue weighted by molar-refractivity contribution is 0.0877. The molecule has 1 aliphatic heterocycles. The van der Waals surface area contributed by atoms with Gasteiger partial charge >= 0.3 is 0 Å². The summed E-state index contributed by atoms with van der Waals surface area (Å²) in [7, 11) is 4.13. The van der Waals surface area contributed by atoms with Crippen molar-refractivity contribution in [1.29, 1.82) is 0 Å². The van der Waals surface area contributed by atoms with Crippen LogP contribution in [0.4, 0.5) is 4.39 Å². The van der Waals surface area contributed by atoms with Crippen LogP contribution < -0.4 is 5.32 Å². The van der Waals surface area contributed by atoms with Crippen LogP contribution in [0.1, 0.15) is 22.1 Å². The van der Waals surface area contributed by atoms with Crippen LogP contribution in [0.25, 0.3) is 0 Å². The number of aryl methyl sites for hydroxylation is 1. The average molecular weight is 379 g/mol. The zero-order valence-corrected chi connectivity index (χ0v) is 15.8. The van der Waals surface area contributed by atoms with Gasteiger partial charge in [-0.05, 0) is 37.4 Å². The Hall–Kier alpha value is -1.89. The maximum Gasteiger partial charge on any atom is 0.252 e. The van der Waals surface area contributed by atoms with E-state index in [1.807, 2.05) is 19.3 Å². The second-order valence-electron chi connectivity index (χ2n) is 6.73. The van der Waals surface area contributed by atoms with Gasteiger partial charge in [0.25, 0.3) is 5.91 Å². The van der Waals surface area contributed by atoms with E-state index in [1.165, 1.54) is 12.1 Å². The maximum absolute atomic E-state index is 13.2. The second kappa shape index (κ2) is 8.20. The number of benzene rings is 1. The van der Waals surface area contributed by atoms with Crippen molar-refractivity contribution >= 4 is 17.5 Å². The molecule has 2 aromatic rings. The number of hydrogen-bond donors (Lipinski definition) is 1. The van der Waals surface area contributed by atoms with Crippen molar-refractivity contribution < 1.29 is 9.18 Å². The molecule has 1 aromatic carbocycles. The van der Waals surface area contributed by atoms with Gasteiger partial charge in [0, 0.05) is 51.7 Å². The van der Waals surface area contributed by atoms with Gasteiger partial charge in [0.15, 0.2) is 0 Å². The number of carbonyl (C=O) groups is 1. The Bertz CT molecular complexity index is 771. The third kappa shape index (κ3) is 4.26. The molecule has 7 heteroatoms. The van der Waals surface area contributed by atoms with Crippen molar-refractivity contribution in [3.05, 3.63) is 58.6 Å². The van der Waals surface area contributed by atoms with E-state index in [-0.39, 0.29) is 22.5 Å². The third-order valence-corrected chi connectivity index (χ3v) is 5.25. The van der Waals surface area contributed by atoms with E-state index in [2.05, 4.69) is 32.8 Å². The molecule has 1 aromatic heterocycles. The predicted molar refractivity (Wildman–Crippen MR) is 101 cm³/mol. The molecule has 1 amide bonds. The highest BCUT2D eigenvalue weighted by Crippen LogP contribution is 2.22. The number of nitrogens with one attached hydrogen (secondary N) is 1. The standard InChI is InChI=1S/C19H24ClFN4O/c1-23-8-10-25(11-9-23)18(17-4-3-7-24(17)2)13-22-19(26)15-6-5-14(21)12-16(15)20/h3-7,12,18H,8-11,13H2,1-2H3,(H,22,26). The number of likely N-dealkylation sites (N-methyl/N-ethyl adjacent to an activating group) is 1. The normalized spacial score (nSPS) is 17.2. The van der Waals surface area contributed by atoms with E-state index in [1.54, 1.807) is 0 Å². The number of halogens is 2. The molecular formula is C19H24ClFN4O. The monoisotopic (exact) mass is 378 g/mol. The van der Waals surface area contributed by atoms with Crippen molar-refractivity contribution in [3.8, 4) is 0 Å². The van der Waals surface area contributed by atoms with Crippen molar-refractivity contribution in [1.82, 2.24) is 19.7 Å². The molecule has 5 nitrogen and oxygen atoms in total. The van der Waals surface area contributed by atoms with Gasteiger partial charge in [-0.3, -0.25) is 9.69 Å². The number of nitrogens with zero attached hydrogens (tertiary/aromatic N) is 3. The van der Waals surface area contributed by atoms with Crippen molar-refractivity contribution in [2.45, 2.75) is 6.04 Å². The number of piperazine rings is 1. The van der Waals surface area contributed by atoms with Crippen LogP contribution in [0.2, 0.25) is 5.02 Å². The second-order valence-corrected chi connectivity index (χ2v) is 7.14. The van der Waals surface area contributed by atoms with Crippen LogP contribution in [0.15, 0.2) is 36.5 Å². The third-order valence-electron chi connectivity index (χ3n) is 4.94. The summed E-state index contributed by atoms with van der Waals surface area (Å²) in [6.07, 6.45) is 2.01. The Morgan fingerprint density at radius 2 is 1.96 bits per heavy atom. The Balaban J connectivity index is 1.73. The van der Waals surface area contributed by atoms with Crippen LogP contribution in [0.5, 0.6) is 0 Å². The van der Waals surface area contributed by atoms with Gasteiger partial charge < -0.3 is 14.8 Å². The zero-order chi connectivity index (χ0) is 18.7. The fourth-order valence-corrected chi connectivity index (χ4v) is 3.59. The molecule has 1 N–H and O–H groups in total. The number of carbonyl (C=O) groups excluding carboxylic acids is 1. The van der Waals surface area contributed by atoms with Gasteiger partial charge in [0.2, 0.25) is 0 Å². The van der Waals surface area contributed by atoms with E-state index in [0.717, 1.165) is 37.9 Å². The molecule has 0 spiro atoms. The molecule has 1 saturated heterocycles. The Morgan fingerprint density at radius 3 is 2.58 bits per heavy atom. The first-order valence-electron chi connectivity index (χ1n) is 8.73. The maximum atomic E-state index is 13.2. The van der Waals surface area contributed by atoms with Crippen LogP contribution in [-0.2, 0) is 7.05 Å². The van der Waals surface area contributed by atoms with E-state index in [9.17, 15) is 9.18 Å². The molecule has 2 heterocycles. The summed E-state index contributed by atoms with van der Waals surface area (Å²) in [5.41, 5.74) is 1.44. The van der Waals surface area contributed by atoms with Gasteiger partial charge in [-0.2, -0.15) is 0 Å². The van der Waals surface area contributed by atoms with Gasteiger partial charge in [-0.25, -0.2) is 4.39 Å². The summed E-state index contributed by atoms with van der Waals surface area (Å²) in [5, 5.41) is 3.09.